The van der Waals surface area contributed by atoms with Crippen LogP contribution in [-0.2, 0) is 0 Å². The summed E-state index contributed by atoms with van der Waals surface area (Å²) < 4.78 is 2.47. The first-order chi connectivity index (χ1) is 23.8. The van der Waals surface area contributed by atoms with Crippen LogP contribution in [0.3, 0.4) is 0 Å². The first-order valence-electron chi connectivity index (χ1n) is 16.4. The lowest BCUT2D eigenvalue weighted by Crippen LogP contribution is -2.10. The van der Waals surface area contributed by atoms with Gasteiger partial charge >= 0.3 is 0 Å². The first-order valence-corrected chi connectivity index (χ1v) is 16.4. The van der Waals surface area contributed by atoms with Crippen molar-refractivity contribution in [2.45, 2.75) is 0 Å². The van der Waals surface area contributed by atoms with Crippen LogP contribution in [0.1, 0.15) is 0 Å². The summed E-state index contributed by atoms with van der Waals surface area (Å²) in [5.41, 5.74) is 11.7. The van der Waals surface area contributed by atoms with Crippen molar-refractivity contribution in [2.24, 2.45) is 0 Å². The van der Waals surface area contributed by atoms with E-state index in [-0.39, 0.29) is 0 Å². The molecule has 8 aromatic carbocycles. The number of anilines is 3. The Balaban J connectivity index is 1.35. The monoisotopic (exact) mass is 612 g/mol. The van der Waals surface area contributed by atoms with Crippen molar-refractivity contribution in [3.63, 3.8) is 0 Å². The molecule has 226 valence electrons. The van der Waals surface area contributed by atoms with E-state index in [0.717, 1.165) is 22.7 Å². The fraction of sp³-hybridized carbons (Fsp3) is 0. The summed E-state index contributed by atoms with van der Waals surface area (Å²) in [7, 11) is 0. The van der Waals surface area contributed by atoms with Crippen LogP contribution < -0.4 is 4.90 Å². The van der Waals surface area contributed by atoms with Gasteiger partial charge in [0.05, 0.1) is 22.4 Å². The summed E-state index contributed by atoms with van der Waals surface area (Å²) in [6, 6.07) is 69.9. The predicted octanol–water partition coefficient (Wildman–Crippen LogP) is 12.7. The minimum atomic E-state index is 1.12. The molecular formula is C46H32N2. The highest BCUT2D eigenvalue weighted by Gasteiger charge is 2.22. The van der Waals surface area contributed by atoms with E-state index in [4.69, 9.17) is 0 Å². The fourth-order valence-electron chi connectivity index (χ4n) is 7.15. The SMILES string of the molecule is c1ccc(-c2ccc(-c3ccc4ccccc4c3)cc2-n2c3ccccc3c3c(N(c4ccccc4)c4ccccc4)cccc32)cc1. The second-order valence-corrected chi connectivity index (χ2v) is 12.2. The van der Waals surface area contributed by atoms with E-state index in [2.05, 4.69) is 204 Å². The third-order valence-electron chi connectivity index (χ3n) is 9.35. The molecule has 1 aromatic heterocycles. The van der Waals surface area contributed by atoms with Crippen molar-refractivity contribution in [1.82, 2.24) is 4.57 Å². The summed E-state index contributed by atoms with van der Waals surface area (Å²) in [6.45, 7) is 0. The van der Waals surface area contributed by atoms with Gasteiger partial charge in [0.1, 0.15) is 0 Å². The Kier molecular flexibility index (Phi) is 6.84. The number of rotatable bonds is 6. The van der Waals surface area contributed by atoms with E-state index in [1.165, 1.54) is 54.8 Å². The van der Waals surface area contributed by atoms with Gasteiger partial charge in [0, 0.05) is 27.7 Å². The van der Waals surface area contributed by atoms with Gasteiger partial charge in [-0.1, -0.05) is 140 Å². The average Bonchev–Trinajstić information content (AvgIpc) is 3.51. The molecule has 2 nitrogen and oxygen atoms in total. The third kappa shape index (κ3) is 4.74. The van der Waals surface area contributed by atoms with Gasteiger partial charge in [-0.05, 0) is 82.1 Å². The first kappa shape index (κ1) is 27.9. The Labute approximate surface area is 280 Å². The summed E-state index contributed by atoms with van der Waals surface area (Å²) in [5.74, 6) is 0. The Bertz CT molecular complexity index is 2510. The maximum atomic E-state index is 2.47. The zero-order valence-corrected chi connectivity index (χ0v) is 26.4. The van der Waals surface area contributed by atoms with E-state index < -0.39 is 0 Å². The number of benzene rings is 8. The molecule has 0 unspecified atom stereocenters. The molecule has 0 aliphatic rings. The molecule has 0 aliphatic heterocycles. The standard InChI is InChI=1S/C46H32N2/c1-4-16-34(17-5-1)40-30-29-37(36-28-27-33-15-10-11-18-35(33)31-36)32-45(40)48-42-24-13-12-23-41(42)46-43(25-14-26-44(46)48)47(38-19-6-2-7-20-38)39-21-8-3-9-22-39/h1-32H. The quantitative estimate of drug-likeness (QED) is 0.181. The van der Waals surface area contributed by atoms with Crippen LogP contribution in [0.4, 0.5) is 17.1 Å². The molecule has 48 heavy (non-hydrogen) atoms. The highest BCUT2D eigenvalue weighted by Crippen LogP contribution is 2.45. The molecular weight excluding hydrogens is 581 g/mol. The molecule has 0 saturated heterocycles. The molecule has 9 rings (SSSR count). The number of para-hydroxylation sites is 3. The minimum absolute atomic E-state index is 1.12. The molecule has 0 spiro atoms. The average molecular weight is 613 g/mol. The minimum Gasteiger partial charge on any atom is -0.310 e. The van der Waals surface area contributed by atoms with Gasteiger partial charge in [0.25, 0.3) is 0 Å². The smallest absolute Gasteiger partial charge is 0.0562 e. The molecule has 1 heterocycles. The van der Waals surface area contributed by atoms with Crippen LogP contribution in [0.5, 0.6) is 0 Å². The number of hydrogen-bond donors (Lipinski definition) is 0. The Hall–Kier alpha value is -6.38. The second-order valence-electron chi connectivity index (χ2n) is 12.2. The van der Waals surface area contributed by atoms with Gasteiger partial charge in [-0.2, -0.15) is 0 Å². The van der Waals surface area contributed by atoms with Gasteiger partial charge in [-0.25, -0.2) is 0 Å². The lowest BCUT2D eigenvalue weighted by Gasteiger charge is -2.26. The number of hydrogen-bond acceptors (Lipinski definition) is 1. The maximum absolute atomic E-state index is 2.47. The molecule has 9 aromatic rings. The number of nitrogens with zero attached hydrogens (tertiary/aromatic N) is 2. The van der Waals surface area contributed by atoms with Crippen molar-refractivity contribution in [3.05, 3.63) is 194 Å². The maximum Gasteiger partial charge on any atom is 0.0562 e. The zero-order valence-electron chi connectivity index (χ0n) is 26.4. The molecule has 0 bridgehead atoms. The Morgan fingerprint density at radius 2 is 0.958 bits per heavy atom. The van der Waals surface area contributed by atoms with Gasteiger partial charge in [-0.15, -0.1) is 0 Å². The topological polar surface area (TPSA) is 8.17 Å². The van der Waals surface area contributed by atoms with Crippen molar-refractivity contribution >= 4 is 49.6 Å². The summed E-state index contributed by atoms with van der Waals surface area (Å²) >= 11 is 0. The van der Waals surface area contributed by atoms with E-state index in [0.29, 0.717) is 0 Å². The van der Waals surface area contributed by atoms with E-state index in [9.17, 15) is 0 Å². The van der Waals surface area contributed by atoms with Crippen molar-refractivity contribution in [3.8, 4) is 27.9 Å². The normalized spacial score (nSPS) is 11.3. The van der Waals surface area contributed by atoms with Gasteiger partial charge in [0.2, 0.25) is 0 Å². The fourth-order valence-corrected chi connectivity index (χ4v) is 7.15. The third-order valence-corrected chi connectivity index (χ3v) is 9.35. The highest BCUT2D eigenvalue weighted by atomic mass is 15.1. The molecule has 0 radical (unpaired) electrons. The van der Waals surface area contributed by atoms with Crippen molar-refractivity contribution in [1.29, 1.82) is 0 Å². The van der Waals surface area contributed by atoms with Crippen LogP contribution in [0.2, 0.25) is 0 Å². The lowest BCUT2D eigenvalue weighted by molar-refractivity contribution is 1.18. The molecule has 0 N–H and O–H groups in total. The molecule has 2 heteroatoms. The molecule has 0 saturated carbocycles. The Morgan fingerprint density at radius 3 is 1.71 bits per heavy atom. The Morgan fingerprint density at radius 1 is 0.375 bits per heavy atom. The summed E-state index contributed by atoms with van der Waals surface area (Å²) in [6.07, 6.45) is 0. The van der Waals surface area contributed by atoms with Crippen molar-refractivity contribution in [2.75, 3.05) is 4.90 Å². The molecule has 0 atom stereocenters. The summed E-state index contributed by atoms with van der Waals surface area (Å²) in [4.78, 5) is 2.38. The summed E-state index contributed by atoms with van der Waals surface area (Å²) in [5, 5.41) is 4.93. The van der Waals surface area contributed by atoms with Gasteiger partial charge in [-0.3, -0.25) is 0 Å². The molecule has 0 fully saturated rings. The lowest BCUT2D eigenvalue weighted by atomic mass is 9.96. The number of aromatic nitrogens is 1. The number of fused-ring (bicyclic) bond motifs is 4. The van der Waals surface area contributed by atoms with Crippen LogP contribution >= 0.6 is 0 Å². The van der Waals surface area contributed by atoms with Gasteiger partial charge < -0.3 is 9.47 Å². The largest absolute Gasteiger partial charge is 0.310 e. The van der Waals surface area contributed by atoms with Crippen LogP contribution in [0.15, 0.2) is 194 Å². The zero-order chi connectivity index (χ0) is 31.9. The van der Waals surface area contributed by atoms with Gasteiger partial charge in [0.15, 0.2) is 0 Å². The van der Waals surface area contributed by atoms with Crippen molar-refractivity contribution < 1.29 is 0 Å². The molecule has 0 aliphatic carbocycles. The van der Waals surface area contributed by atoms with Crippen LogP contribution in [0.25, 0.3) is 60.5 Å². The van der Waals surface area contributed by atoms with Crippen LogP contribution in [0, 0.1) is 0 Å². The highest BCUT2D eigenvalue weighted by molar-refractivity contribution is 6.17. The van der Waals surface area contributed by atoms with E-state index in [1.807, 2.05) is 0 Å². The van der Waals surface area contributed by atoms with E-state index >= 15 is 0 Å². The molecule has 0 amide bonds. The predicted molar refractivity (Wildman–Crippen MR) is 204 cm³/mol. The second kappa shape index (κ2) is 11.8. The van der Waals surface area contributed by atoms with E-state index in [1.54, 1.807) is 0 Å². The van der Waals surface area contributed by atoms with Crippen LogP contribution in [-0.4, -0.2) is 4.57 Å².